The fraction of sp³-hybridized carbons (Fsp3) is 0. The molecular formula is C48H28OS2. The van der Waals surface area contributed by atoms with Crippen LogP contribution in [0.15, 0.2) is 180 Å². The fourth-order valence-electron chi connectivity index (χ4n) is 7.89. The van der Waals surface area contributed by atoms with Crippen LogP contribution >= 0.6 is 23.1 Å². The van der Waals surface area contributed by atoms with Crippen LogP contribution in [0.25, 0.3) is 85.9 Å². The van der Waals surface area contributed by atoms with E-state index in [0.717, 1.165) is 32.4 Å². The molecule has 1 aliphatic rings. The molecule has 0 atom stereocenters. The van der Waals surface area contributed by atoms with Gasteiger partial charge in [-0.1, -0.05) is 121 Å². The first-order valence-electron chi connectivity index (χ1n) is 17.2. The molecule has 0 N–H and O–H groups in total. The molecule has 1 aliphatic heterocycles. The lowest BCUT2D eigenvalue weighted by molar-refractivity contribution is 0.456. The summed E-state index contributed by atoms with van der Waals surface area (Å²) >= 11 is 3.63. The van der Waals surface area contributed by atoms with Gasteiger partial charge in [0.25, 0.3) is 0 Å². The van der Waals surface area contributed by atoms with Gasteiger partial charge in [-0.25, -0.2) is 0 Å². The van der Waals surface area contributed by atoms with Crippen LogP contribution < -0.4 is 4.74 Å². The second-order valence-electron chi connectivity index (χ2n) is 13.2. The number of thiophene rings is 1. The van der Waals surface area contributed by atoms with E-state index in [2.05, 4.69) is 164 Å². The smallest absolute Gasteiger partial charge is 0.149 e. The van der Waals surface area contributed by atoms with Gasteiger partial charge in [-0.15, -0.1) is 11.3 Å². The summed E-state index contributed by atoms with van der Waals surface area (Å²) < 4.78 is 9.31. The Hall–Kier alpha value is -5.87. The third-order valence-electron chi connectivity index (χ3n) is 10.3. The van der Waals surface area contributed by atoms with Gasteiger partial charge in [0.15, 0.2) is 0 Å². The molecule has 238 valence electrons. The Labute approximate surface area is 303 Å². The molecular weight excluding hydrogens is 657 g/mol. The number of hydrogen-bond donors (Lipinski definition) is 0. The van der Waals surface area contributed by atoms with E-state index >= 15 is 0 Å². The Balaban J connectivity index is 1.15. The highest BCUT2D eigenvalue weighted by Gasteiger charge is 2.22. The largest absolute Gasteiger partial charge is 0.454 e. The average molecular weight is 685 g/mol. The van der Waals surface area contributed by atoms with Gasteiger partial charge in [0.1, 0.15) is 11.5 Å². The highest BCUT2D eigenvalue weighted by molar-refractivity contribution is 7.99. The van der Waals surface area contributed by atoms with Crippen molar-refractivity contribution < 1.29 is 4.74 Å². The molecule has 9 aromatic carbocycles. The van der Waals surface area contributed by atoms with Gasteiger partial charge in [-0.2, -0.15) is 0 Å². The Morgan fingerprint density at radius 3 is 1.65 bits per heavy atom. The van der Waals surface area contributed by atoms with Gasteiger partial charge in [-0.3, -0.25) is 0 Å². The first-order valence-corrected chi connectivity index (χ1v) is 18.9. The maximum absolute atomic E-state index is 6.68. The van der Waals surface area contributed by atoms with Gasteiger partial charge in [0.05, 0.1) is 9.79 Å². The first kappa shape index (κ1) is 28.9. The van der Waals surface area contributed by atoms with Gasteiger partial charge in [0, 0.05) is 25.7 Å². The van der Waals surface area contributed by atoms with Crippen molar-refractivity contribution in [2.45, 2.75) is 9.79 Å². The minimum atomic E-state index is 0.905. The van der Waals surface area contributed by atoms with Crippen LogP contribution in [0.5, 0.6) is 11.5 Å². The van der Waals surface area contributed by atoms with Crippen LogP contribution in [-0.4, -0.2) is 0 Å². The highest BCUT2D eigenvalue weighted by atomic mass is 32.2. The Morgan fingerprint density at radius 2 is 0.882 bits per heavy atom. The molecule has 0 aliphatic carbocycles. The second-order valence-corrected chi connectivity index (χ2v) is 15.4. The molecule has 11 rings (SSSR count). The summed E-state index contributed by atoms with van der Waals surface area (Å²) in [5.41, 5.74) is 6.99. The summed E-state index contributed by atoms with van der Waals surface area (Å²) in [7, 11) is 0. The van der Waals surface area contributed by atoms with Crippen molar-refractivity contribution in [3.63, 3.8) is 0 Å². The Morgan fingerprint density at radius 1 is 0.333 bits per heavy atom. The highest BCUT2D eigenvalue weighted by Crippen LogP contribution is 2.51. The maximum atomic E-state index is 6.68. The van der Waals surface area contributed by atoms with Crippen LogP contribution in [0.3, 0.4) is 0 Å². The molecule has 0 saturated heterocycles. The number of rotatable bonds is 3. The van der Waals surface area contributed by atoms with Crippen molar-refractivity contribution in [1.82, 2.24) is 0 Å². The lowest BCUT2D eigenvalue weighted by Gasteiger charge is -2.22. The minimum absolute atomic E-state index is 0.905. The Kier molecular flexibility index (Phi) is 6.42. The molecule has 10 aromatic rings. The van der Waals surface area contributed by atoms with Crippen LogP contribution in [0.4, 0.5) is 0 Å². The third-order valence-corrected chi connectivity index (χ3v) is 12.5. The van der Waals surface area contributed by atoms with Crippen molar-refractivity contribution in [2.24, 2.45) is 0 Å². The summed E-state index contributed by atoms with van der Waals surface area (Å²) in [6.45, 7) is 0. The topological polar surface area (TPSA) is 9.23 Å². The van der Waals surface area contributed by atoms with E-state index in [4.69, 9.17) is 4.74 Å². The lowest BCUT2D eigenvalue weighted by atomic mass is 9.89. The van der Waals surface area contributed by atoms with E-state index in [1.54, 1.807) is 11.8 Å². The molecule has 1 aromatic heterocycles. The molecule has 0 amide bonds. The zero-order chi connectivity index (χ0) is 33.5. The fourth-order valence-corrected chi connectivity index (χ4v) is 9.96. The predicted octanol–water partition coefficient (Wildman–Crippen LogP) is 14.8. The van der Waals surface area contributed by atoms with Crippen molar-refractivity contribution in [3.8, 4) is 44.9 Å². The summed E-state index contributed by atoms with van der Waals surface area (Å²) in [5, 5.41) is 10.3. The molecule has 0 spiro atoms. The van der Waals surface area contributed by atoms with Crippen molar-refractivity contribution in [3.05, 3.63) is 170 Å². The van der Waals surface area contributed by atoms with E-state index in [0.29, 0.717) is 0 Å². The Bertz CT molecular complexity index is 3010. The van der Waals surface area contributed by atoms with E-state index in [1.807, 2.05) is 17.4 Å². The number of hydrogen-bond acceptors (Lipinski definition) is 3. The summed E-state index contributed by atoms with van der Waals surface area (Å²) in [6, 6.07) is 62.2. The normalized spacial score (nSPS) is 12.4. The number of ether oxygens (including phenoxy) is 1. The quantitative estimate of drug-likeness (QED) is 0.171. The molecule has 2 heterocycles. The van der Waals surface area contributed by atoms with E-state index in [9.17, 15) is 0 Å². The SMILES string of the molecule is c1ccc2c(c1)Oc1c(cccc1-c1cc(-c3ccc4sc5ccccc5c4c3)cc(-c3ccc4c5ccccc5c5ccccc5c4c3)c1)S2. The van der Waals surface area contributed by atoms with Crippen LogP contribution in [0.2, 0.25) is 0 Å². The molecule has 3 heteroatoms. The average Bonchev–Trinajstić information content (AvgIpc) is 3.57. The number of benzene rings is 9. The molecule has 0 fully saturated rings. The number of para-hydroxylation sites is 2. The molecule has 0 saturated carbocycles. The van der Waals surface area contributed by atoms with E-state index < -0.39 is 0 Å². The third kappa shape index (κ3) is 4.63. The van der Waals surface area contributed by atoms with E-state index in [-0.39, 0.29) is 0 Å². The molecule has 0 unspecified atom stereocenters. The summed E-state index contributed by atoms with van der Waals surface area (Å²) in [6.07, 6.45) is 0. The van der Waals surface area contributed by atoms with Gasteiger partial charge in [-0.05, 0) is 121 Å². The van der Waals surface area contributed by atoms with Crippen LogP contribution in [-0.2, 0) is 0 Å². The van der Waals surface area contributed by atoms with Crippen LogP contribution in [0, 0.1) is 0 Å². The standard InChI is InChI=1S/C48H28OS2/c1-2-12-37-35(10-1)36-11-3-4-13-38(36)41-27-29(20-22-39(37)41)31-24-32(30-21-23-45-42(28-30)40-14-5-7-17-44(40)50-45)26-33(25-31)34-15-9-19-47-48(34)49-43-16-6-8-18-46(43)51-47/h1-28H. The van der Waals surface area contributed by atoms with Crippen molar-refractivity contribution >= 4 is 75.6 Å². The zero-order valence-electron chi connectivity index (χ0n) is 27.4. The van der Waals surface area contributed by atoms with Crippen molar-refractivity contribution in [2.75, 3.05) is 0 Å². The monoisotopic (exact) mass is 684 g/mol. The molecule has 0 bridgehead atoms. The lowest BCUT2D eigenvalue weighted by Crippen LogP contribution is -1.97. The first-order chi connectivity index (χ1) is 25.2. The molecule has 1 nitrogen and oxygen atoms in total. The summed E-state index contributed by atoms with van der Waals surface area (Å²) in [5.74, 6) is 1.82. The maximum Gasteiger partial charge on any atom is 0.149 e. The van der Waals surface area contributed by atoms with Crippen molar-refractivity contribution in [1.29, 1.82) is 0 Å². The molecule has 0 radical (unpaired) electrons. The van der Waals surface area contributed by atoms with E-state index in [1.165, 1.54) is 74.7 Å². The minimum Gasteiger partial charge on any atom is -0.454 e. The van der Waals surface area contributed by atoms with Crippen LogP contribution in [0.1, 0.15) is 0 Å². The molecule has 51 heavy (non-hydrogen) atoms. The van der Waals surface area contributed by atoms with Gasteiger partial charge < -0.3 is 4.74 Å². The second kappa shape index (κ2) is 11.3. The number of fused-ring (bicyclic) bond motifs is 11. The van der Waals surface area contributed by atoms with Gasteiger partial charge in [0.2, 0.25) is 0 Å². The van der Waals surface area contributed by atoms with Gasteiger partial charge >= 0.3 is 0 Å². The zero-order valence-corrected chi connectivity index (χ0v) is 29.0. The predicted molar refractivity (Wildman–Crippen MR) is 219 cm³/mol. The summed E-state index contributed by atoms with van der Waals surface area (Å²) in [4.78, 5) is 2.28.